The summed E-state index contributed by atoms with van der Waals surface area (Å²) in [7, 11) is 0. The molecule has 0 radical (unpaired) electrons. The van der Waals surface area contributed by atoms with Crippen LogP contribution < -0.4 is 10.6 Å². The smallest absolute Gasteiger partial charge is 0.336 e. The third kappa shape index (κ3) is 4.05. The molecule has 1 fully saturated rings. The average Bonchev–Trinajstić information content (AvgIpc) is 2.41. The van der Waals surface area contributed by atoms with Crippen LogP contribution in [0.25, 0.3) is 0 Å². The number of halogens is 1. The molecule has 20 heavy (non-hydrogen) atoms. The maximum absolute atomic E-state index is 12.0. The van der Waals surface area contributed by atoms with Gasteiger partial charge in [-0.05, 0) is 66.0 Å². The number of carbonyl (C=O) groups is 2. The van der Waals surface area contributed by atoms with E-state index in [1.807, 2.05) is 0 Å². The zero-order valence-corrected chi connectivity index (χ0v) is 12.6. The van der Waals surface area contributed by atoms with Gasteiger partial charge in [-0.3, -0.25) is 4.79 Å². The fourth-order valence-corrected chi connectivity index (χ4v) is 2.74. The topological polar surface area (TPSA) is 78.4 Å². The van der Waals surface area contributed by atoms with Crippen LogP contribution in [0.5, 0.6) is 0 Å². The normalized spacial score (nSPS) is 15.8. The van der Waals surface area contributed by atoms with E-state index in [0.29, 0.717) is 22.5 Å². The molecule has 1 saturated heterocycles. The third-order valence-corrected chi connectivity index (χ3v) is 4.10. The summed E-state index contributed by atoms with van der Waals surface area (Å²) in [5.41, 5.74) is 0.661. The Labute approximate surface area is 125 Å². The predicted molar refractivity (Wildman–Crippen MR) is 79.9 cm³/mol. The standard InChI is InChI=1S/C14H17BrN2O3/c15-12-2-1-10(8-11(12)14(19)20)17-13(18)7-9-3-5-16-6-4-9/h1-2,8-9,16H,3-7H2,(H,17,18)(H,19,20). The molecule has 0 atom stereocenters. The van der Waals surface area contributed by atoms with Gasteiger partial charge in [-0.2, -0.15) is 0 Å². The first-order valence-corrected chi connectivity index (χ1v) is 7.39. The summed E-state index contributed by atoms with van der Waals surface area (Å²) in [6.45, 7) is 1.92. The molecular weight excluding hydrogens is 324 g/mol. The van der Waals surface area contributed by atoms with E-state index in [4.69, 9.17) is 5.11 Å². The van der Waals surface area contributed by atoms with E-state index in [1.165, 1.54) is 6.07 Å². The maximum atomic E-state index is 12.0. The number of hydrogen-bond donors (Lipinski definition) is 3. The summed E-state index contributed by atoms with van der Waals surface area (Å²) >= 11 is 3.18. The molecule has 5 nitrogen and oxygen atoms in total. The second kappa shape index (κ2) is 6.85. The predicted octanol–water partition coefficient (Wildman–Crippen LogP) is 2.48. The summed E-state index contributed by atoms with van der Waals surface area (Å²) in [6, 6.07) is 4.78. The summed E-state index contributed by atoms with van der Waals surface area (Å²) < 4.78 is 0.501. The Morgan fingerprint density at radius 2 is 2.05 bits per heavy atom. The number of aromatic carboxylic acids is 1. The summed E-state index contributed by atoms with van der Waals surface area (Å²) in [5, 5.41) is 15.1. The first kappa shape index (κ1) is 15.0. The molecule has 0 unspecified atom stereocenters. The highest BCUT2D eigenvalue weighted by Crippen LogP contribution is 2.22. The van der Waals surface area contributed by atoms with E-state index in [0.717, 1.165) is 25.9 Å². The molecule has 1 amide bonds. The van der Waals surface area contributed by atoms with E-state index in [-0.39, 0.29) is 11.5 Å². The van der Waals surface area contributed by atoms with Gasteiger partial charge in [0, 0.05) is 16.6 Å². The molecule has 1 aromatic carbocycles. The van der Waals surface area contributed by atoms with Gasteiger partial charge in [0.15, 0.2) is 0 Å². The lowest BCUT2D eigenvalue weighted by molar-refractivity contribution is -0.117. The number of carboxylic acids is 1. The molecule has 2 rings (SSSR count). The number of nitrogens with one attached hydrogen (secondary N) is 2. The van der Waals surface area contributed by atoms with Crippen LogP contribution in [0, 0.1) is 5.92 Å². The zero-order chi connectivity index (χ0) is 14.5. The van der Waals surface area contributed by atoms with Crippen molar-refractivity contribution in [3.05, 3.63) is 28.2 Å². The van der Waals surface area contributed by atoms with Crippen molar-refractivity contribution in [2.45, 2.75) is 19.3 Å². The van der Waals surface area contributed by atoms with Crippen LogP contribution in [-0.2, 0) is 4.79 Å². The Morgan fingerprint density at radius 1 is 1.35 bits per heavy atom. The van der Waals surface area contributed by atoms with Crippen LogP contribution in [0.1, 0.15) is 29.6 Å². The SMILES string of the molecule is O=C(CC1CCNCC1)Nc1ccc(Br)c(C(=O)O)c1. The van der Waals surface area contributed by atoms with Crippen LogP contribution in [0.4, 0.5) is 5.69 Å². The van der Waals surface area contributed by atoms with Crippen LogP contribution in [-0.4, -0.2) is 30.1 Å². The monoisotopic (exact) mass is 340 g/mol. The van der Waals surface area contributed by atoms with Crippen molar-refractivity contribution in [2.24, 2.45) is 5.92 Å². The highest BCUT2D eigenvalue weighted by molar-refractivity contribution is 9.10. The van der Waals surface area contributed by atoms with Crippen molar-refractivity contribution in [3.8, 4) is 0 Å². The second-order valence-corrected chi connectivity index (χ2v) is 5.80. The van der Waals surface area contributed by atoms with Gasteiger partial charge in [-0.25, -0.2) is 4.79 Å². The second-order valence-electron chi connectivity index (χ2n) is 4.95. The Kier molecular flexibility index (Phi) is 5.14. The molecular formula is C14H17BrN2O3. The van der Waals surface area contributed by atoms with E-state index >= 15 is 0 Å². The molecule has 1 aliphatic rings. The molecule has 0 aromatic heterocycles. The number of piperidine rings is 1. The van der Waals surface area contributed by atoms with Crippen molar-refractivity contribution in [1.82, 2.24) is 5.32 Å². The van der Waals surface area contributed by atoms with Gasteiger partial charge in [0.05, 0.1) is 5.56 Å². The first-order chi connectivity index (χ1) is 9.56. The summed E-state index contributed by atoms with van der Waals surface area (Å²) in [6.07, 6.45) is 2.50. The number of carbonyl (C=O) groups excluding carboxylic acids is 1. The molecule has 0 spiro atoms. The molecule has 0 saturated carbocycles. The van der Waals surface area contributed by atoms with Crippen LogP contribution in [0.15, 0.2) is 22.7 Å². The zero-order valence-electron chi connectivity index (χ0n) is 11.0. The Morgan fingerprint density at radius 3 is 2.70 bits per heavy atom. The number of benzene rings is 1. The minimum absolute atomic E-state index is 0.0597. The van der Waals surface area contributed by atoms with Crippen molar-refractivity contribution < 1.29 is 14.7 Å². The van der Waals surface area contributed by atoms with Crippen molar-refractivity contribution in [1.29, 1.82) is 0 Å². The molecule has 1 aliphatic heterocycles. The first-order valence-electron chi connectivity index (χ1n) is 6.59. The molecule has 1 heterocycles. The molecule has 3 N–H and O–H groups in total. The van der Waals surface area contributed by atoms with Crippen molar-refractivity contribution in [3.63, 3.8) is 0 Å². The van der Waals surface area contributed by atoms with Gasteiger partial charge in [0.25, 0.3) is 0 Å². The van der Waals surface area contributed by atoms with Crippen LogP contribution in [0.2, 0.25) is 0 Å². The minimum Gasteiger partial charge on any atom is -0.478 e. The lowest BCUT2D eigenvalue weighted by Gasteiger charge is -2.21. The number of carboxylic acid groups (broad SMARTS) is 1. The van der Waals surface area contributed by atoms with E-state index in [9.17, 15) is 9.59 Å². The van der Waals surface area contributed by atoms with Crippen LogP contribution in [0.3, 0.4) is 0 Å². The fourth-order valence-electron chi connectivity index (χ4n) is 2.33. The highest BCUT2D eigenvalue weighted by Gasteiger charge is 2.17. The van der Waals surface area contributed by atoms with E-state index in [2.05, 4.69) is 26.6 Å². The summed E-state index contributed by atoms with van der Waals surface area (Å²) in [5.74, 6) is -0.674. The van der Waals surface area contributed by atoms with Gasteiger partial charge in [-0.1, -0.05) is 0 Å². The largest absolute Gasteiger partial charge is 0.478 e. The van der Waals surface area contributed by atoms with Gasteiger partial charge in [-0.15, -0.1) is 0 Å². The molecule has 0 bridgehead atoms. The lowest BCUT2D eigenvalue weighted by Crippen LogP contribution is -2.30. The summed E-state index contributed by atoms with van der Waals surface area (Å²) in [4.78, 5) is 23.0. The third-order valence-electron chi connectivity index (χ3n) is 3.41. The fraction of sp³-hybridized carbons (Fsp3) is 0.429. The average molecular weight is 341 g/mol. The maximum Gasteiger partial charge on any atom is 0.336 e. The van der Waals surface area contributed by atoms with Crippen molar-refractivity contribution in [2.75, 3.05) is 18.4 Å². The quantitative estimate of drug-likeness (QED) is 0.786. The molecule has 0 aliphatic carbocycles. The number of amides is 1. The lowest BCUT2D eigenvalue weighted by atomic mass is 9.94. The minimum atomic E-state index is -1.02. The van der Waals surface area contributed by atoms with E-state index in [1.54, 1.807) is 12.1 Å². The number of anilines is 1. The Hall–Kier alpha value is -1.40. The van der Waals surface area contributed by atoms with E-state index < -0.39 is 5.97 Å². The van der Waals surface area contributed by atoms with Gasteiger partial charge >= 0.3 is 5.97 Å². The van der Waals surface area contributed by atoms with Crippen molar-refractivity contribution >= 4 is 33.5 Å². The van der Waals surface area contributed by atoms with Gasteiger partial charge in [0.1, 0.15) is 0 Å². The molecule has 1 aromatic rings. The molecule has 108 valence electrons. The Balaban J connectivity index is 1.96. The van der Waals surface area contributed by atoms with Gasteiger partial charge < -0.3 is 15.7 Å². The number of rotatable bonds is 4. The highest BCUT2D eigenvalue weighted by atomic mass is 79.9. The number of hydrogen-bond acceptors (Lipinski definition) is 3. The molecule has 6 heteroatoms. The Bertz CT molecular complexity index is 513. The van der Waals surface area contributed by atoms with Gasteiger partial charge in [0.2, 0.25) is 5.91 Å². The van der Waals surface area contributed by atoms with Crippen LogP contribution >= 0.6 is 15.9 Å².